The van der Waals surface area contributed by atoms with Crippen LogP contribution >= 0.6 is 0 Å². The minimum absolute atomic E-state index is 0.450. The molecule has 0 amide bonds. The molecule has 2 rings (SSSR count). The first kappa shape index (κ1) is 8.42. The summed E-state index contributed by atoms with van der Waals surface area (Å²) in [5, 5.41) is 0. The van der Waals surface area contributed by atoms with E-state index in [2.05, 4.69) is 6.92 Å². The van der Waals surface area contributed by atoms with Gasteiger partial charge >= 0.3 is 0 Å². The number of hydrogen-bond acceptors (Lipinski definition) is 2. The minimum atomic E-state index is 0.450. The summed E-state index contributed by atoms with van der Waals surface area (Å²) in [5.41, 5.74) is 1.17. The predicted molar refractivity (Wildman–Crippen MR) is 51.4 cm³/mol. The lowest BCUT2D eigenvalue weighted by molar-refractivity contribution is 0.298. The number of aryl methyl sites for hydroxylation is 1. The first-order valence-corrected chi connectivity index (χ1v) is 4.61. The number of ether oxygens (including phenoxy) is 2. The predicted octanol–water partition coefficient (Wildman–Crippen LogP) is 2.54. The van der Waals surface area contributed by atoms with Crippen molar-refractivity contribution in [3.05, 3.63) is 23.8 Å². The SMILES string of the molecule is COc1ccc(C)c(OC2CC2)c1. The van der Waals surface area contributed by atoms with Crippen LogP contribution in [-0.4, -0.2) is 13.2 Å². The Labute approximate surface area is 78.5 Å². The summed E-state index contributed by atoms with van der Waals surface area (Å²) < 4.78 is 10.9. The molecule has 0 bridgehead atoms. The summed E-state index contributed by atoms with van der Waals surface area (Å²) >= 11 is 0. The van der Waals surface area contributed by atoms with Crippen LogP contribution in [-0.2, 0) is 0 Å². The Bertz CT molecular complexity index is 303. The highest BCUT2D eigenvalue weighted by atomic mass is 16.5. The Kier molecular flexibility index (Phi) is 2.13. The van der Waals surface area contributed by atoms with Crippen LogP contribution in [0.1, 0.15) is 18.4 Å². The van der Waals surface area contributed by atoms with Gasteiger partial charge in [0.1, 0.15) is 11.5 Å². The molecule has 1 aliphatic carbocycles. The molecule has 0 aliphatic heterocycles. The topological polar surface area (TPSA) is 18.5 Å². The lowest BCUT2D eigenvalue weighted by atomic mass is 10.2. The molecule has 2 nitrogen and oxygen atoms in total. The fourth-order valence-electron chi connectivity index (χ4n) is 1.20. The third-order valence-electron chi connectivity index (χ3n) is 2.21. The summed E-state index contributed by atoms with van der Waals surface area (Å²) in [6.07, 6.45) is 2.83. The second-order valence-electron chi connectivity index (χ2n) is 3.45. The van der Waals surface area contributed by atoms with E-state index in [1.165, 1.54) is 18.4 Å². The average Bonchev–Trinajstić information content (AvgIpc) is 2.93. The molecule has 1 aromatic rings. The van der Waals surface area contributed by atoms with Crippen molar-refractivity contribution >= 4 is 0 Å². The molecule has 0 aromatic heterocycles. The van der Waals surface area contributed by atoms with Gasteiger partial charge in [-0.25, -0.2) is 0 Å². The smallest absolute Gasteiger partial charge is 0.126 e. The van der Waals surface area contributed by atoms with Crippen molar-refractivity contribution < 1.29 is 9.47 Å². The number of benzene rings is 1. The van der Waals surface area contributed by atoms with E-state index < -0.39 is 0 Å². The van der Waals surface area contributed by atoms with Crippen LogP contribution in [0.3, 0.4) is 0 Å². The number of hydrogen-bond donors (Lipinski definition) is 0. The standard InChI is InChI=1S/C11H14O2/c1-8-3-4-10(12-2)7-11(8)13-9-5-6-9/h3-4,7,9H,5-6H2,1-2H3. The summed E-state index contributed by atoms with van der Waals surface area (Å²) in [5.74, 6) is 1.82. The highest BCUT2D eigenvalue weighted by Crippen LogP contribution is 2.31. The van der Waals surface area contributed by atoms with Gasteiger partial charge in [-0.1, -0.05) is 6.07 Å². The molecule has 0 heterocycles. The van der Waals surface area contributed by atoms with Crippen LogP contribution < -0.4 is 9.47 Å². The van der Waals surface area contributed by atoms with Gasteiger partial charge in [0.15, 0.2) is 0 Å². The van der Waals surface area contributed by atoms with E-state index in [-0.39, 0.29) is 0 Å². The Balaban J connectivity index is 2.19. The van der Waals surface area contributed by atoms with Crippen LogP contribution in [0.4, 0.5) is 0 Å². The summed E-state index contributed by atoms with van der Waals surface area (Å²) in [4.78, 5) is 0. The van der Waals surface area contributed by atoms with Crippen molar-refractivity contribution in [2.24, 2.45) is 0 Å². The van der Waals surface area contributed by atoms with E-state index in [0.717, 1.165) is 11.5 Å². The highest BCUT2D eigenvalue weighted by Gasteiger charge is 2.24. The zero-order chi connectivity index (χ0) is 9.26. The third-order valence-corrected chi connectivity index (χ3v) is 2.21. The van der Waals surface area contributed by atoms with Crippen LogP contribution in [0, 0.1) is 6.92 Å². The second kappa shape index (κ2) is 3.29. The van der Waals surface area contributed by atoms with Gasteiger partial charge in [0, 0.05) is 6.07 Å². The van der Waals surface area contributed by atoms with Gasteiger partial charge < -0.3 is 9.47 Å². The molecule has 0 saturated heterocycles. The maximum Gasteiger partial charge on any atom is 0.126 e. The van der Waals surface area contributed by atoms with Crippen molar-refractivity contribution in [1.29, 1.82) is 0 Å². The van der Waals surface area contributed by atoms with Gasteiger partial charge in [0.2, 0.25) is 0 Å². The average molecular weight is 178 g/mol. The van der Waals surface area contributed by atoms with E-state index in [4.69, 9.17) is 9.47 Å². The van der Waals surface area contributed by atoms with Crippen LogP contribution in [0.2, 0.25) is 0 Å². The van der Waals surface area contributed by atoms with Crippen molar-refractivity contribution in [2.75, 3.05) is 7.11 Å². The van der Waals surface area contributed by atoms with Gasteiger partial charge in [-0.3, -0.25) is 0 Å². The number of methoxy groups -OCH3 is 1. The zero-order valence-corrected chi connectivity index (χ0v) is 8.04. The molecule has 0 spiro atoms. The first-order valence-electron chi connectivity index (χ1n) is 4.61. The molecule has 2 heteroatoms. The molecule has 1 aromatic carbocycles. The van der Waals surface area contributed by atoms with E-state index in [9.17, 15) is 0 Å². The molecule has 0 N–H and O–H groups in total. The first-order chi connectivity index (χ1) is 6.29. The lowest BCUT2D eigenvalue weighted by Crippen LogP contribution is -1.98. The van der Waals surface area contributed by atoms with E-state index in [1.54, 1.807) is 7.11 Å². The van der Waals surface area contributed by atoms with E-state index in [1.807, 2.05) is 18.2 Å². The Morgan fingerprint density at radius 2 is 2.08 bits per heavy atom. The van der Waals surface area contributed by atoms with Gasteiger partial charge in [-0.2, -0.15) is 0 Å². The Morgan fingerprint density at radius 3 is 2.69 bits per heavy atom. The van der Waals surface area contributed by atoms with Gasteiger partial charge in [0.25, 0.3) is 0 Å². The maximum atomic E-state index is 5.72. The zero-order valence-electron chi connectivity index (χ0n) is 8.04. The molecule has 0 radical (unpaired) electrons. The van der Waals surface area contributed by atoms with Crippen LogP contribution in [0.5, 0.6) is 11.5 Å². The van der Waals surface area contributed by atoms with Crippen LogP contribution in [0.15, 0.2) is 18.2 Å². The van der Waals surface area contributed by atoms with Gasteiger partial charge in [-0.05, 0) is 31.4 Å². The van der Waals surface area contributed by atoms with Crippen molar-refractivity contribution in [3.63, 3.8) is 0 Å². The molecule has 13 heavy (non-hydrogen) atoms. The maximum absolute atomic E-state index is 5.72. The normalized spacial score (nSPS) is 15.5. The Hall–Kier alpha value is -1.18. The molecular formula is C11H14O2. The highest BCUT2D eigenvalue weighted by molar-refractivity contribution is 5.40. The summed E-state index contributed by atoms with van der Waals surface area (Å²) in [6, 6.07) is 5.93. The third kappa shape index (κ3) is 1.94. The lowest BCUT2D eigenvalue weighted by Gasteiger charge is -2.09. The van der Waals surface area contributed by atoms with Crippen molar-refractivity contribution in [1.82, 2.24) is 0 Å². The molecule has 1 fully saturated rings. The quantitative estimate of drug-likeness (QED) is 0.708. The summed E-state index contributed by atoms with van der Waals surface area (Å²) in [7, 11) is 1.67. The van der Waals surface area contributed by atoms with E-state index >= 15 is 0 Å². The summed E-state index contributed by atoms with van der Waals surface area (Å²) in [6.45, 7) is 2.05. The Morgan fingerprint density at radius 1 is 1.31 bits per heavy atom. The monoisotopic (exact) mass is 178 g/mol. The fraction of sp³-hybridized carbons (Fsp3) is 0.455. The van der Waals surface area contributed by atoms with Gasteiger partial charge in [0.05, 0.1) is 13.2 Å². The largest absolute Gasteiger partial charge is 0.497 e. The molecule has 0 atom stereocenters. The van der Waals surface area contributed by atoms with Crippen LogP contribution in [0.25, 0.3) is 0 Å². The number of rotatable bonds is 3. The second-order valence-corrected chi connectivity index (χ2v) is 3.45. The molecule has 1 saturated carbocycles. The molecule has 0 unspecified atom stereocenters. The van der Waals surface area contributed by atoms with E-state index in [0.29, 0.717) is 6.10 Å². The van der Waals surface area contributed by atoms with Gasteiger partial charge in [-0.15, -0.1) is 0 Å². The van der Waals surface area contributed by atoms with Crippen molar-refractivity contribution in [2.45, 2.75) is 25.9 Å². The minimum Gasteiger partial charge on any atom is -0.497 e. The molecular weight excluding hydrogens is 164 g/mol. The molecule has 70 valence electrons. The molecule has 1 aliphatic rings. The fourth-order valence-corrected chi connectivity index (χ4v) is 1.20. The van der Waals surface area contributed by atoms with Crippen molar-refractivity contribution in [3.8, 4) is 11.5 Å².